The normalized spacial score (nSPS) is 21.6. The summed E-state index contributed by atoms with van der Waals surface area (Å²) in [5.41, 5.74) is 0.554. The molecule has 2 unspecified atom stereocenters. The van der Waals surface area contributed by atoms with Gasteiger partial charge in [-0.15, -0.1) is 0 Å². The molecule has 0 amide bonds. The van der Waals surface area contributed by atoms with Gasteiger partial charge in [-0.25, -0.2) is 0 Å². The summed E-state index contributed by atoms with van der Waals surface area (Å²) in [5, 5.41) is 30.1. The van der Waals surface area contributed by atoms with E-state index >= 15 is 0 Å². The minimum Gasteiger partial charge on any atom is -0.396 e. The molecule has 1 heterocycles. The Balaban J connectivity index is 1.99. The molecular formula is C14H20N2O4. The number of nitro benzene ring substituents is 1. The van der Waals surface area contributed by atoms with Gasteiger partial charge >= 0.3 is 0 Å². The Morgan fingerprint density at radius 2 is 2.30 bits per heavy atom. The van der Waals surface area contributed by atoms with Crippen LogP contribution >= 0.6 is 0 Å². The minimum absolute atomic E-state index is 0.00608. The van der Waals surface area contributed by atoms with E-state index in [0.29, 0.717) is 12.1 Å². The van der Waals surface area contributed by atoms with Crippen molar-refractivity contribution in [2.45, 2.75) is 18.9 Å². The van der Waals surface area contributed by atoms with Crippen LogP contribution in [0.4, 0.5) is 5.69 Å². The SMILES string of the molecule is O=[N+]([O-])c1cccc(C(O)CN2CCCC(CO)C2)c1. The lowest BCUT2D eigenvalue weighted by Gasteiger charge is -2.33. The number of aliphatic hydroxyl groups is 2. The third-order valence-electron chi connectivity index (χ3n) is 3.76. The molecule has 0 aliphatic carbocycles. The summed E-state index contributed by atoms with van der Waals surface area (Å²) in [6.45, 7) is 2.27. The van der Waals surface area contributed by atoms with Gasteiger partial charge in [0, 0.05) is 31.8 Å². The van der Waals surface area contributed by atoms with Gasteiger partial charge in [0.2, 0.25) is 0 Å². The molecular weight excluding hydrogens is 260 g/mol. The van der Waals surface area contributed by atoms with E-state index in [1.54, 1.807) is 12.1 Å². The van der Waals surface area contributed by atoms with Gasteiger partial charge in [0.1, 0.15) is 0 Å². The van der Waals surface area contributed by atoms with E-state index < -0.39 is 11.0 Å². The van der Waals surface area contributed by atoms with Crippen molar-refractivity contribution >= 4 is 5.69 Å². The zero-order chi connectivity index (χ0) is 14.5. The molecule has 1 fully saturated rings. The van der Waals surface area contributed by atoms with Gasteiger partial charge in [-0.05, 0) is 30.9 Å². The Morgan fingerprint density at radius 1 is 1.50 bits per heavy atom. The molecule has 1 aromatic rings. The first-order valence-electron chi connectivity index (χ1n) is 6.85. The Kier molecular flexibility index (Phi) is 5.05. The summed E-state index contributed by atoms with van der Waals surface area (Å²) in [6.07, 6.45) is 1.28. The highest BCUT2D eigenvalue weighted by molar-refractivity contribution is 5.35. The summed E-state index contributed by atoms with van der Waals surface area (Å²) in [5.74, 6) is 0.265. The van der Waals surface area contributed by atoms with Crippen LogP contribution in [0.25, 0.3) is 0 Å². The maximum atomic E-state index is 10.7. The van der Waals surface area contributed by atoms with Crippen LogP contribution in [-0.4, -0.2) is 46.3 Å². The van der Waals surface area contributed by atoms with Crippen molar-refractivity contribution in [1.29, 1.82) is 0 Å². The molecule has 1 saturated heterocycles. The number of hydrogen-bond donors (Lipinski definition) is 2. The number of non-ortho nitro benzene ring substituents is 1. The summed E-state index contributed by atoms with van der Waals surface area (Å²) in [4.78, 5) is 12.4. The lowest BCUT2D eigenvalue weighted by Crippen LogP contribution is -2.39. The average Bonchev–Trinajstić information content (AvgIpc) is 2.47. The fraction of sp³-hybridized carbons (Fsp3) is 0.571. The number of β-amino-alcohol motifs (C(OH)–C–C–N with tert-alkyl or cyclic N) is 1. The van der Waals surface area contributed by atoms with Crippen LogP contribution in [0.15, 0.2) is 24.3 Å². The van der Waals surface area contributed by atoms with Crippen molar-refractivity contribution in [3.05, 3.63) is 39.9 Å². The number of nitrogens with zero attached hydrogens (tertiary/aromatic N) is 2. The number of rotatable bonds is 5. The van der Waals surface area contributed by atoms with Gasteiger partial charge < -0.3 is 15.1 Å². The molecule has 6 nitrogen and oxygen atoms in total. The van der Waals surface area contributed by atoms with Crippen LogP contribution in [0.5, 0.6) is 0 Å². The van der Waals surface area contributed by atoms with E-state index in [0.717, 1.165) is 25.9 Å². The topological polar surface area (TPSA) is 86.8 Å². The quantitative estimate of drug-likeness (QED) is 0.627. The monoisotopic (exact) mass is 280 g/mol. The second-order valence-corrected chi connectivity index (χ2v) is 5.32. The van der Waals surface area contributed by atoms with Gasteiger partial charge in [-0.2, -0.15) is 0 Å². The highest BCUT2D eigenvalue weighted by atomic mass is 16.6. The van der Waals surface area contributed by atoms with Crippen molar-refractivity contribution < 1.29 is 15.1 Å². The molecule has 0 aromatic heterocycles. The molecule has 1 aliphatic rings. The molecule has 2 rings (SSSR count). The predicted octanol–water partition coefficient (Wildman–Crippen LogP) is 1.33. The first-order chi connectivity index (χ1) is 9.60. The first kappa shape index (κ1) is 14.9. The number of benzene rings is 1. The van der Waals surface area contributed by atoms with Gasteiger partial charge in [-0.1, -0.05) is 12.1 Å². The third kappa shape index (κ3) is 3.75. The summed E-state index contributed by atoms with van der Waals surface area (Å²) < 4.78 is 0. The largest absolute Gasteiger partial charge is 0.396 e. The smallest absolute Gasteiger partial charge is 0.269 e. The van der Waals surface area contributed by atoms with Crippen LogP contribution < -0.4 is 0 Å². The van der Waals surface area contributed by atoms with E-state index in [4.69, 9.17) is 0 Å². The molecule has 1 aliphatic heterocycles. The molecule has 1 aromatic carbocycles. The molecule has 20 heavy (non-hydrogen) atoms. The number of piperidine rings is 1. The van der Waals surface area contributed by atoms with Crippen molar-refractivity contribution in [3.8, 4) is 0 Å². The second kappa shape index (κ2) is 6.78. The summed E-state index contributed by atoms with van der Waals surface area (Å²) in [6, 6.07) is 6.12. The highest BCUT2D eigenvalue weighted by Gasteiger charge is 2.22. The first-order valence-corrected chi connectivity index (χ1v) is 6.85. The van der Waals surface area contributed by atoms with Crippen LogP contribution in [-0.2, 0) is 0 Å². The molecule has 6 heteroatoms. The molecule has 0 saturated carbocycles. The maximum absolute atomic E-state index is 10.7. The zero-order valence-electron chi connectivity index (χ0n) is 11.3. The predicted molar refractivity (Wildman–Crippen MR) is 74.3 cm³/mol. The number of aliphatic hydroxyl groups excluding tert-OH is 2. The number of likely N-dealkylation sites (tertiary alicyclic amines) is 1. The minimum atomic E-state index is -0.743. The molecule has 2 N–H and O–H groups in total. The van der Waals surface area contributed by atoms with Gasteiger partial charge in [0.05, 0.1) is 11.0 Å². The number of hydrogen-bond acceptors (Lipinski definition) is 5. The second-order valence-electron chi connectivity index (χ2n) is 5.32. The Bertz CT molecular complexity index is 466. The highest BCUT2D eigenvalue weighted by Crippen LogP contribution is 2.22. The zero-order valence-corrected chi connectivity index (χ0v) is 11.3. The number of nitro groups is 1. The van der Waals surface area contributed by atoms with Crippen molar-refractivity contribution in [3.63, 3.8) is 0 Å². The van der Waals surface area contributed by atoms with Crippen LogP contribution in [0, 0.1) is 16.0 Å². The Hall–Kier alpha value is -1.50. The average molecular weight is 280 g/mol. The maximum Gasteiger partial charge on any atom is 0.269 e. The van der Waals surface area contributed by atoms with E-state index in [1.165, 1.54) is 12.1 Å². The molecule has 0 spiro atoms. The molecule has 110 valence electrons. The lowest BCUT2D eigenvalue weighted by molar-refractivity contribution is -0.385. The summed E-state index contributed by atoms with van der Waals surface area (Å²) in [7, 11) is 0. The van der Waals surface area contributed by atoms with Crippen molar-refractivity contribution in [2.24, 2.45) is 5.92 Å². The van der Waals surface area contributed by atoms with Gasteiger partial charge in [-0.3, -0.25) is 10.1 Å². The van der Waals surface area contributed by atoms with E-state index in [9.17, 15) is 20.3 Å². The van der Waals surface area contributed by atoms with Gasteiger partial charge in [0.25, 0.3) is 5.69 Å². The van der Waals surface area contributed by atoms with E-state index in [-0.39, 0.29) is 18.2 Å². The van der Waals surface area contributed by atoms with Crippen molar-refractivity contribution in [1.82, 2.24) is 4.90 Å². The van der Waals surface area contributed by atoms with E-state index in [1.807, 2.05) is 0 Å². The Labute approximate surface area is 117 Å². The molecule has 0 radical (unpaired) electrons. The molecule has 2 atom stereocenters. The van der Waals surface area contributed by atoms with Gasteiger partial charge in [0.15, 0.2) is 0 Å². The van der Waals surface area contributed by atoms with Crippen LogP contribution in [0.2, 0.25) is 0 Å². The van der Waals surface area contributed by atoms with Crippen molar-refractivity contribution in [2.75, 3.05) is 26.2 Å². The third-order valence-corrected chi connectivity index (χ3v) is 3.76. The summed E-state index contributed by atoms with van der Waals surface area (Å²) >= 11 is 0. The fourth-order valence-corrected chi connectivity index (χ4v) is 2.66. The van der Waals surface area contributed by atoms with E-state index in [2.05, 4.69) is 4.90 Å². The Morgan fingerprint density at radius 3 is 3.00 bits per heavy atom. The lowest BCUT2D eigenvalue weighted by atomic mass is 9.98. The molecule has 0 bridgehead atoms. The standard InChI is InChI=1S/C14H20N2O4/c17-10-11-3-2-6-15(8-11)9-14(18)12-4-1-5-13(7-12)16(19)20/h1,4-5,7,11,14,17-18H,2-3,6,8-10H2. The fourth-order valence-electron chi connectivity index (χ4n) is 2.66. The van der Waals surface area contributed by atoms with Crippen LogP contribution in [0.1, 0.15) is 24.5 Å². The van der Waals surface area contributed by atoms with Crippen LogP contribution in [0.3, 0.4) is 0 Å².